The summed E-state index contributed by atoms with van der Waals surface area (Å²) in [5.74, 6) is 0.582. The molecule has 21 heavy (non-hydrogen) atoms. The van der Waals surface area contributed by atoms with Crippen molar-refractivity contribution in [2.45, 2.75) is 6.92 Å². The summed E-state index contributed by atoms with van der Waals surface area (Å²) < 4.78 is 15.2. The number of ether oxygens (including phenoxy) is 3. The fraction of sp³-hybridized carbons (Fsp3) is 0.143. The molecule has 0 aromatic heterocycles. The lowest BCUT2D eigenvalue weighted by Gasteiger charge is -2.19. The number of benzene rings is 1. The Morgan fingerprint density at radius 1 is 1.43 bits per heavy atom. The monoisotopic (exact) mass is 290 g/mol. The van der Waals surface area contributed by atoms with E-state index in [0.29, 0.717) is 24.5 Å². The third-order valence-corrected chi connectivity index (χ3v) is 2.45. The fourth-order valence-electron chi connectivity index (χ4n) is 1.58. The first kappa shape index (κ1) is 14.4. The van der Waals surface area contributed by atoms with E-state index in [4.69, 9.17) is 14.2 Å². The van der Waals surface area contributed by atoms with Crippen molar-refractivity contribution in [2.24, 2.45) is 0 Å². The smallest absolute Gasteiger partial charge is 0.335 e. The molecule has 1 aromatic carbocycles. The predicted octanol–water partition coefficient (Wildman–Crippen LogP) is 2.39. The standard InChI is InChI=1S/C14H14N2O5/c1-2-20-12-5-3-4-11(8-12)15-14(18)16(10-17)13-9-19-6-7-21-13/h3-10H,2H2,1H3,(H,15,18). The third-order valence-electron chi connectivity index (χ3n) is 2.45. The molecule has 0 radical (unpaired) electrons. The van der Waals surface area contributed by atoms with Crippen molar-refractivity contribution in [3.8, 4) is 5.75 Å². The molecule has 1 heterocycles. The molecule has 0 unspecified atom stereocenters. The quantitative estimate of drug-likeness (QED) is 0.842. The highest BCUT2D eigenvalue weighted by molar-refractivity contribution is 5.96. The molecular weight excluding hydrogens is 276 g/mol. The molecule has 0 bridgehead atoms. The van der Waals surface area contributed by atoms with Gasteiger partial charge in [0, 0.05) is 11.8 Å². The average molecular weight is 290 g/mol. The molecule has 7 heteroatoms. The van der Waals surface area contributed by atoms with Crippen LogP contribution in [-0.4, -0.2) is 23.9 Å². The number of anilines is 1. The maximum absolute atomic E-state index is 12.1. The Morgan fingerprint density at radius 3 is 2.95 bits per heavy atom. The number of amides is 3. The third kappa shape index (κ3) is 3.75. The van der Waals surface area contributed by atoms with Crippen LogP contribution in [0.3, 0.4) is 0 Å². The summed E-state index contributed by atoms with van der Waals surface area (Å²) in [4.78, 5) is 23.8. The molecule has 7 nitrogen and oxygen atoms in total. The molecule has 0 spiro atoms. The van der Waals surface area contributed by atoms with Gasteiger partial charge in [-0.25, -0.2) is 9.69 Å². The molecule has 110 valence electrons. The number of nitrogens with one attached hydrogen (secondary N) is 1. The predicted molar refractivity (Wildman–Crippen MR) is 73.9 cm³/mol. The average Bonchev–Trinajstić information content (AvgIpc) is 2.50. The van der Waals surface area contributed by atoms with Gasteiger partial charge in [0.1, 0.15) is 18.3 Å². The maximum Gasteiger partial charge on any atom is 0.335 e. The van der Waals surface area contributed by atoms with Crippen molar-refractivity contribution >= 4 is 18.1 Å². The van der Waals surface area contributed by atoms with Gasteiger partial charge in [-0.3, -0.25) is 4.79 Å². The zero-order valence-electron chi connectivity index (χ0n) is 11.3. The second kappa shape index (κ2) is 6.99. The van der Waals surface area contributed by atoms with Crippen LogP contribution in [0.25, 0.3) is 0 Å². The topological polar surface area (TPSA) is 77.1 Å². The van der Waals surface area contributed by atoms with Crippen molar-refractivity contribution in [1.29, 1.82) is 0 Å². The summed E-state index contributed by atoms with van der Waals surface area (Å²) in [6, 6.07) is 6.15. The van der Waals surface area contributed by atoms with Crippen molar-refractivity contribution < 1.29 is 23.8 Å². The summed E-state index contributed by atoms with van der Waals surface area (Å²) in [5, 5.41) is 2.56. The van der Waals surface area contributed by atoms with E-state index < -0.39 is 6.03 Å². The molecule has 0 saturated carbocycles. The SMILES string of the molecule is CCOc1cccc(NC(=O)N(C=O)C2=COC=CO2)c1. The van der Waals surface area contributed by atoms with E-state index in [-0.39, 0.29) is 5.88 Å². The number of carbonyl (C=O) groups excluding carboxylic acids is 2. The second-order valence-electron chi connectivity index (χ2n) is 3.85. The zero-order valence-corrected chi connectivity index (χ0v) is 11.3. The van der Waals surface area contributed by atoms with Gasteiger partial charge >= 0.3 is 6.03 Å². The van der Waals surface area contributed by atoms with Crippen molar-refractivity contribution in [3.63, 3.8) is 0 Å². The number of carbonyl (C=O) groups is 2. The minimum Gasteiger partial charge on any atom is -0.494 e. The van der Waals surface area contributed by atoms with E-state index >= 15 is 0 Å². The lowest BCUT2D eigenvalue weighted by atomic mass is 10.3. The van der Waals surface area contributed by atoms with E-state index in [2.05, 4.69) is 5.32 Å². The molecule has 0 atom stereocenters. The van der Waals surface area contributed by atoms with Crippen LogP contribution in [0.15, 0.2) is 48.9 Å². The Balaban J connectivity index is 2.07. The summed E-state index contributed by atoms with van der Waals surface area (Å²) >= 11 is 0. The second-order valence-corrected chi connectivity index (χ2v) is 3.85. The summed E-state index contributed by atoms with van der Waals surface area (Å²) in [5.41, 5.74) is 0.491. The Labute approximate surface area is 121 Å². The van der Waals surface area contributed by atoms with Crippen molar-refractivity contribution in [2.75, 3.05) is 11.9 Å². The minimum atomic E-state index is -0.677. The van der Waals surface area contributed by atoms with Crippen molar-refractivity contribution in [1.82, 2.24) is 4.90 Å². The van der Waals surface area contributed by atoms with Gasteiger partial charge in [-0.2, -0.15) is 0 Å². The van der Waals surface area contributed by atoms with Gasteiger partial charge in [0.05, 0.1) is 6.61 Å². The molecule has 0 saturated heterocycles. The zero-order chi connectivity index (χ0) is 15.1. The molecular formula is C14H14N2O5. The number of hydrogen-bond donors (Lipinski definition) is 1. The Bertz CT molecular complexity index is 582. The first-order valence-corrected chi connectivity index (χ1v) is 6.20. The highest BCUT2D eigenvalue weighted by Gasteiger charge is 2.20. The van der Waals surface area contributed by atoms with E-state index in [9.17, 15) is 9.59 Å². The molecule has 3 amide bonds. The van der Waals surface area contributed by atoms with Crippen LogP contribution in [-0.2, 0) is 14.3 Å². The number of hydrogen-bond acceptors (Lipinski definition) is 5. The fourth-order valence-corrected chi connectivity index (χ4v) is 1.58. The Hall–Kier alpha value is -2.96. The Kier molecular flexibility index (Phi) is 4.81. The first-order valence-electron chi connectivity index (χ1n) is 6.20. The molecule has 1 aliphatic rings. The van der Waals surface area contributed by atoms with E-state index in [1.807, 2.05) is 6.92 Å². The number of urea groups is 1. The van der Waals surface area contributed by atoms with Gasteiger partial charge < -0.3 is 19.5 Å². The molecule has 2 rings (SSSR count). The summed E-state index contributed by atoms with van der Waals surface area (Å²) in [6.07, 6.45) is 3.96. The lowest BCUT2D eigenvalue weighted by molar-refractivity contribution is -0.115. The molecule has 1 aliphatic heterocycles. The lowest BCUT2D eigenvalue weighted by Crippen LogP contribution is -2.34. The van der Waals surface area contributed by atoms with Gasteiger partial charge in [0.15, 0.2) is 6.26 Å². The first-order chi connectivity index (χ1) is 10.2. The van der Waals surface area contributed by atoms with Crippen LogP contribution < -0.4 is 10.1 Å². The van der Waals surface area contributed by atoms with E-state index in [1.165, 1.54) is 12.5 Å². The minimum absolute atomic E-state index is 0.0361. The normalized spacial score (nSPS) is 12.5. The molecule has 1 aromatic rings. The van der Waals surface area contributed by atoms with Gasteiger partial charge in [-0.05, 0) is 19.1 Å². The van der Waals surface area contributed by atoms with Crippen LogP contribution >= 0.6 is 0 Å². The van der Waals surface area contributed by atoms with E-state index in [0.717, 1.165) is 11.2 Å². The highest BCUT2D eigenvalue weighted by atomic mass is 16.5. The molecule has 0 fully saturated rings. The highest BCUT2D eigenvalue weighted by Crippen LogP contribution is 2.18. The van der Waals surface area contributed by atoms with Crippen LogP contribution in [0, 0.1) is 0 Å². The van der Waals surface area contributed by atoms with Crippen molar-refractivity contribution in [3.05, 3.63) is 48.9 Å². The van der Waals surface area contributed by atoms with Gasteiger partial charge in [0.2, 0.25) is 12.3 Å². The maximum atomic E-state index is 12.1. The van der Waals surface area contributed by atoms with Crippen LogP contribution in [0.1, 0.15) is 6.92 Å². The van der Waals surface area contributed by atoms with Gasteiger partial charge in [0.25, 0.3) is 0 Å². The van der Waals surface area contributed by atoms with Crippen LogP contribution in [0.4, 0.5) is 10.5 Å². The number of nitrogens with zero attached hydrogens (tertiary/aromatic N) is 1. The number of rotatable bonds is 5. The molecule has 1 N–H and O–H groups in total. The summed E-state index contributed by atoms with van der Waals surface area (Å²) in [6.45, 7) is 2.38. The summed E-state index contributed by atoms with van der Waals surface area (Å²) in [7, 11) is 0. The Morgan fingerprint density at radius 2 is 2.29 bits per heavy atom. The van der Waals surface area contributed by atoms with Gasteiger partial charge in [-0.15, -0.1) is 0 Å². The van der Waals surface area contributed by atoms with Crippen LogP contribution in [0.2, 0.25) is 0 Å². The largest absolute Gasteiger partial charge is 0.494 e. The number of imide groups is 1. The van der Waals surface area contributed by atoms with Gasteiger partial charge in [-0.1, -0.05) is 6.07 Å². The molecule has 0 aliphatic carbocycles. The van der Waals surface area contributed by atoms with Crippen LogP contribution in [0.5, 0.6) is 5.75 Å². The van der Waals surface area contributed by atoms with E-state index in [1.54, 1.807) is 24.3 Å².